The van der Waals surface area contributed by atoms with Crippen LogP contribution < -0.4 is 9.47 Å². The van der Waals surface area contributed by atoms with Gasteiger partial charge >= 0.3 is 0 Å². The first-order valence-corrected chi connectivity index (χ1v) is 7.96. The van der Waals surface area contributed by atoms with Gasteiger partial charge in [0.2, 0.25) is 5.78 Å². The van der Waals surface area contributed by atoms with Crippen LogP contribution in [0.1, 0.15) is 27.2 Å². The lowest BCUT2D eigenvalue weighted by atomic mass is 10.1. The molecule has 1 aliphatic heterocycles. The molecule has 0 aliphatic carbocycles. The molecule has 0 spiro atoms. The van der Waals surface area contributed by atoms with Gasteiger partial charge in [0.1, 0.15) is 0 Å². The number of ether oxygens (including phenoxy) is 2. The summed E-state index contributed by atoms with van der Waals surface area (Å²) in [6.45, 7) is 3.25. The van der Waals surface area contributed by atoms with Crippen molar-refractivity contribution in [2.24, 2.45) is 0 Å². The Balaban J connectivity index is 1.94. The van der Waals surface area contributed by atoms with Crippen LogP contribution in [-0.2, 0) is 0 Å². The van der Waals surface area contributed by atoms with Crippen LogP contribution >= 0.6 is 27.3 Å². The summed E-state index contributed by atoms with van der Waals surface area (Å²) in [5.41, 5.74) is 1.70. The number of benzene rings is 1. The van der Waals surface area contributed by atoms with Crippen LogP contribution in [0.5, 0.6) is 11.5 Å². The molecule has 0 amide bonds. The number of halogens is 1. The Hall–Kier alpha value is -1.33. The van der Waals surface area contributed by atoms with Crippen molar-refractivity contribution in [2.75, 3.05) is 13.2 Å². The van der Waals surface area contributed by atoms with Crippen molar-refractivity contribution in [1.29, 1.82) is 0 Å². The molecule has 1 aromatic heterocycles. The predicted octanol–water partition coefficient (Wildman–Crippen LogP) is 4.21. The molecule has 1 aromatic carbocycles. The van der Waals surface area contributed by atoms with E-state index >= 15 is 0 Å². The van der Waals surface area contributed by atoms with Crippen molar-refractivity contribution in [3.05, 3.63) is 44.1 Å². The molecule has 20 heavy (non-hydrogen) atoms. The van der Waals surface area contributed by atoms with Crippen molar-refractivity contribution in [3.63, 3.8) is 0 Å². The first-order chi connectivity index (χ1) is 9.65. The maximum atomic E-state index is 12.5. The second-order valence-electron chi connectivity index (χ2n) is 4.61. The molecule has 0 radical (unpaired) electrons. The maximum absolute atomic E-state index is 12.5. The fourth-order valence-corrected chi connectivity index (χ4v) is 3.52. The quantitative estimate of drug-likeness (QED) is 0.759. The fourth-order valence-electron chi connectivity index (χ4n) is 2.02. The zero-order valence-corrected chi connectivity index (χ0v) is 13.3. The number of hydrogen-bond acceptors (Lipinski definition) is 4. The largest absolute Gasteiger partial charge is 0.490 e. The lowest BCUT2D eigenvalue weighted by molar-refractivity contribution is 0.104. The SMILES string of the molecule is Cc1cc(C(=O)c2ccc3c(c2)OCCCO3)sc1Br. The summed E-state index contributed by atoms with van der Waals surface area (Å²) in [6.07, 6.45) is 0.856. The molecule has 104 valence electrons. The molecule has 0 N–H and O–H groups in total. The lowest BCUT2D eigenvalue weighted by Crippen LogP contribution is -2.00. The number of aryl methyl sites for hydroxylation is 1. The normalized spacial score (nSPS) is 13.9. The maximum Gasteiger partial charge on any atom is 0.203 e. The van der Waals surface area contributed by atoms with Gasteiger partial charge in [0, 0.05) is 12.0 Å². The van der Waals surface area contributed by atoms with Gasteiger partial charge in [-0.2, -0.15) is 0 Å². The van der Waals surface area contributed by atoms with Gasteiger partial charge in [0.15, 0.2) is 11.5 Å². The molecule has 3 rings (SSSR count). The molecule has 0 fully saturated rings. The summed E-state index contributed by atoms with van der Waals surface area (Å²) in [5.74, 6) is 1.38. The molecule has 1 aliphatic rings. The first kappa shape index (κ1) is 13.6. The third-order valence-corrected chi connectivity index (χ3v) is 5.23. The molecule has 0 saturated heterocycles. The average molecular weight is 353 g/mol. The van der Waals surface area contributed by atoms with E-state index in [1.54, 1.807) is 12.1 Å². The number of ketones is 1. The van der Waals surface area contributed by atoms with Crippen molar-refractivity contribution in [1.82, 2.24) is 0 Å². The van der Waals surface area contributed by atoms with E-state index in [0.717, 1.165) is 20.6 Å². The molecular weight excluding hydrogens is 340 g/mol. The number of carbonyl (C=O) groups is 1. The zero-order valence-electron chi connectivity index (χ0n) is 10.9. The number of hydrogen-bond donors (Lipinski definition) is 0. The van der Waals surface area contributed by atoms with Crippen LogP contribution in [0.3, 0.4) is 0 Å². The zero-order chi connectivity index (χ0) is 14.1. The third kappa shape index (κ3) is 2.60. The molecule has 3 nitrogen and oxygen atoms in total. The van der Waals surface area contributed by atoms with Gasteiger partial charge in [-0.3, -0.25) is 4.79 Å². The summed E-state index contributed by atoms with van der Waals surface area (Å²) in [4.78, 5) is 13.2. The van der Waals surface area contributed by atoms with E-state index in [1.807, 2.05) is 19.1 Å². The van der Waals surface area contributed by atoms with Crippen molar-refractivity contribution in [3.8, 4) is 11.5 Å². The smallest absolute Gasteiger partial charge is 0.203 e. The minimum Gasteiger partial charge on any atom is -0.490 e. The minimum atomic E-state index is 0.0134. The van der Waals surface area contributed by atoms with Crippen LogP contribution in [-0.4, -0.2) is 19.0 Å². The Morgan fingerprint density at radius 2 is 1.95 bits per heavy atom. The van der Waals surface area contributed by atoms with Crippen molar-refractivity contribution < 1.29 is 14.3 Å². The third-order valence-electron chi connectivity index (χ3n) is 3.09. The van der Waals surface area contributed by atoms with E-state index in [4.69, 9.17) is 9.47 Å². The highest BCUT2D eigenvalue weighted by Gasteiger charge is 2.17. The molecule has 2 heterocycles. The summed E-state index contributed by atoms with van der Waals surface area (Å²) >= 11 is 4.90. The van der Waals surface area contributed by atoms with Crippen molar-refractivity contribution >= 4 is 33.0 Å². The second kappa shape index (κ2) is 5.58. The van der Waals surface area contributed by atoms with E-state index in [9.17, 15) is 4.79 Å². The van der Waals surface area contributed by atoms with E-state index in [1.165, 1.54) is 11.3 Å². The van der Waals surface area contributed by atoms with Crippen LogP contribution in [0.15, 0.2) is 28.1 Å². The summed E-state index contributed by atoms with van der Waals surface area (Å²) in [7, 11) is 0. The molecular formula is C15H13BrO3S. The highest BCUT2D eigenvalue weighted by molar-refractivity contribution is 9.11. The molecule has 0 atom stereocenters. The molecule has 0 saturated carbocycles. The molecule has 0 bridgehead atoms. The monoisotopic (exact) mass is 352 g/mol. The first-order valence-electron chi connectivity index (χ1n) is 6.35. The van der Waals surface area contributed by atoms with Gasteiger partial charge in [-0.1, -0.05) is 0 Å². The molecule has 2 aromatic rings. The standard InChI is InChI=1S/C15H13BrO3S/c1-9-7-13(20-15(9)16)14(17)10-3-4-11-12(8-10)19-6-2-5-18-11/h3-4,7-8H,2,5-6H2,1H3. The second-order valence-corrected chi connectivity index (χ2v) is 6.98. The van der Waals surface area contributed by atoms with E-state index in [-0.39, 0.29) is 5.78 Å². The van der Waals surface area contributed by atoms with Crippen LogP contribution in [0, 0.1) is 6.92 Å². The van der Waals surface area contributed by atoms with Crippen molar-refractivity contribution in [2.45, 2.75) is 13.3 Å². The summed E-state index contributed by atoms with van der Waals surface area (Å²) in [5, 5.41) is 0. The minimum absolute atomic E-state index is 0.0134. The van der Waals surface area contributed by atoms with E-state index in [0.29, 0.717) is 30.3 Å². The van der Waals surface area contributed by atoms with Crippen LogP contribution in [0.4, 0.5) is 0 Å². The van der Waals surface area contributed by atoms with E-state index < -0.39 is 0 Å². The van der Waals surface area contributed by atoms with Gasteiger partial charge in [-0.25, -0.2) is 0 Å². The number of carbonyl (C=O) groups excluding carboxylic acids is 1. The fraction of sp³-hybridized carbons (Fsp3) is 0.267. The van der Waals surface area contributed by atoms with E-state index in [2.05, 4.69) is 15.9 Å². The Kier molecular flexibility index (Phi) is 3.81. The molecule has 5 heteroatoms. The number of fused-ring (bicyclic) bond motifs is 1. The highest BCUT2D eigenvalue weighted by Crippen LogP contribution is 2.33. The number of thiophene rings is 1. The van der Waals surface area contributed by atoms with Gasteiger partial charge in [0.25, 0.3) is 0 Å². The topological polar surface area (TPSA) is 35.5 Å². The van der Waals surface area contributed by atoms with Crippen LogP contribution in [0.25, 0.3) is 0 Å². The van der Waals surface area contributed by atoms with Gasteiger partial charge in [-0.15, -0.1) is 11.3 Å². The summed E-state index contributed by atoms with van der Waals surface area (Å²) < 4.78 is 12.2. The Morgan fingerprint density at radius 1 is 1.20 bits per heavy atom. The Labute approximate surface area is 129 Å². The lowest BCUT2D eigenvalue weighted by Gasteiger charge is -2.08. The average Bonchev–Trinajstić information content (AvgIpc) is 2.67. The Morgan fingerprint density at radius 3 is 2.65 bits per heavy atom. The Bertz CT molecular complexity index is 644. The van der Waals surface area contributed by atoms with Gasteiger partial charge in [0.05, 0.1) is 21.9 Å². The van der Waals surface area contributed by atoms with Gasteiger partial charge < -0.3 is 9.47 Å². The summed E-state index contributed by atoms with van der Waals surface area (Å²) in [6, 6.07) is 7.27. The van der Waals surface area contributed by atoms with Gasteiger partial charge in [-0.05, 0) is 52.7 Å². The highest BCUT2D eigenvalue weighted by atomic mass is 79.9. The number of rotatable bonds is 2. The predicted molar refractivity (Wildman–Crippen MR) is 82.2 cm³/mol. The van der Waals surface area contributed by atoms with Crippen LogP contribution in [0.2, 0.25) is 0 Å². The molecule has 0 unspecified atom stereocenters.